The van der Waals surface area contributed by atoms with Gasteiger partial charge in [-0.1, -0.05) is 11.6 Å². The summed E-state index contributed by atoms with van der Waals surface area (Å²) in [6.07, 6.45) is 0. The Morgan fingerprint density at radius 1 is 1.12 bits per heavy atom. The summed E-state index contributed by atoms with van der Waals surface area (Å²) in [5.41, 5.74) is 0.576. The molecule has 1 N–H and O–H groups in total. The molecule has 0 unspecified atom stereocenters. The fraction of sp³-hybridized carbons (Fsp3) is 0.222. The average molecular weight is 239 g/mol. The first-order valence-electron chi connectivity index (χ1n) is 4.44. The molecule has 0 atom stereocenters. The van der Waals surface area contributed by atoms with Crippen LogP contribution in [0.25, 0.3) is 11.2 Å². The maximum Gasteiger partial charge on any atom is 0.199 e. The van der Waals surface area contributed by atoms with Gasteiger partial charge in [0.1, 0.15) is 5.52 Å². The predicted octanol–water partition coefficient (Wildman–Crippen LogP) is 1.41. The monoisotopic (exact) mass is 238 g/mol. The topological polar surface area (TPSA) is 88.6 Å². The third kappa shape index (κ3) is 1.67. The number of rotatable bonds is 2. The Morgan fingerprint density at radius 3 is 2.38 bits per heavy atom. The number of carbonyl (C=O) groups excluding carboxylic acids is 2. The molecule has 2 aromatic heterocycles. The van der Waals surface area contributed by atoms with Gasteiger partial charge in [-0.2, -0.15) is 0 Å². The summed E-state index contributed by atoms with van der Waals surface area (Å²) in [4.78, 5) is 36.5. The minimum absolute atomic E-state index is 0.0147. The molecule has 0 bridgehead atoms. The molecular weight excluding hydrogens is 232 g/mol. The predicted molar refractivity (Wildman–Crippen MR) is 56.7 cm³/mol. The third-order valence-electron chi connectivity index (χ3n) is 1.96. The highest BCUT2D eigenvalue weighted by atomic mass is 35.5. The van der Waals surface area contributed by atoms with E-state index in [-0.39, 0.29) is 34.0 Å². The van der Waals surface area contributed by atoms with Crippen molar-refractivity contribution in [2.24, 2.45) is 0 Å². The van der Waals surface area contributed by atoms with Crippen LogP contribution in [0.2, 0.25) is 5.15 Å². The number of H-pyrrole nitrogens is 1. The van der Waals surface area contributed by atoms with Crippen molar-refractivity contribution < 1.29 is 9.59 Å². The second-order valence-electron chi connectivity index (χ2n) is 3.23. The first kappa shape index (κ1) is 10.7. The number of ketones is 2. The number of halogens is 1. The summed E-state index contributed by atoms with van der Waals surface area (Å²) in [5, 5.41) is 0.0789. The van der Waals surface area contributed by atoms with Crippen LogP contribution < -0.4 is 0 Å². The van der Waals surface area contributed by atoms with Gasteiger partial charge in [-0.05, 0) is 0 Å². The number of hydrogen-bond acceptors (Lipinski definition) is 5. The van der Waals surface area contributed by atoms with Crippen LogP contribution in [0.1, 0.15) is 35.1 Å². The van der Waals surface area contributed by atoms with Crippen molar-refractivity contribution in [1.82, 2.24) is 19.9 Å². The normalized spacial score (nSPS) is 10.7. The molecule has 0 aliphatic rings. The van der Waals surface area contributed by atoms with E-state index in [2.05, 4.69) is 19.9 Å². The maximum absolute atomic E-state index is 11.1. The molecule has 7 heteroatoms. The first-order valence-corrected chi connectivity index (χ1v) is 4.82. The Morgan fingerprint density at radius 2 is 1.81 bits per heavy atom. The number of carbonyl (C=O) groups is 2. The lowest BCUT2D eigenvalue weighted by Crippen LogP contribution is -2.01. The zero-order valence-electron chi connectivity index (χ0n) is 8.54. The van der Waals surface area contributed by atoms with Crippen LogP contribution in [0.15, 0.2) is 0 Å². The quantitative estimate of drug-likeness (QED) is 0.631. The average Bonchev–Trinajstić information content (AvgIpc) is 2.61. The number of imidazole rings is 1. The SMILES string of the molecule is CC(=O)c1nc(Cl)c2[nH]c(C(C)=O)nc2n1. The van der Waals surface area contributed by atoms with Gasteiger partial charge in [0.2, 0.25) is 0 Å². The van der Waals surface area contributed by atoms with Gasteiger partial charge in [0.25, 0.3) is 0 Å². The molecule has 0 aliphatic carbocycles. The van der Waals surface area contributed by atoms with E-state index in [0.29, 0.717) is 5.52 Å². The van der Waals surface area contributed by atoms with Gasteiger partial charge in [0.15, 0.2) is 34.0 Å². The lowest BCUT2D eigenvalue weighted by Gasteiger charge is -1.95. The summed E-state index contributed by atoms with van der Waals surface area (Å²) in [7, 11) is 0. The van der Waals surface area contributed by atoms with Gasteiger partial charge in [0.05, 0.1) is 0 Å². The molecule has 82 valence electrons. The fourth-order valence-corrected chi connectivity index (χ4v) is 1.40. The van der Waals surface area contributed by atoms with E-state index in [9.17, 15) is 9.59 Å². The summed E-state index contributed by atoms with van der Waals surface area (Å²) in [6, 6.07) is 0. The number of Topliss-reactive ketones (excluding diaryl/α,β-unsaturated/α-hetero) is 2. The smallest absolute Gasteiger partial charge is 0.199 e. The molecule has 16 heavy (non-hydrogen) atoms. The van der Waals surface area contributed by atoms with Crippen LogP contribution in [0.4, 0.5) is 0 Å². The lowest BCUT2D eigenvalue weighted by atomic mass is 10.4. The van der Waals surface area contributed by atoms with Gasteiger partial charge in [-0.15, -0.1) is 0 Å². The van der Waals surface area contributed by atoms with Gasteiger partial charge >= 0.3 is 0 Å². The molecule has 2 rings (SSSR count). The zero-order valence-corrected chi connectivity index (χ0v) is 9.29. The molecule has 2 heterocycles. The van der Waals surface area contributed by atoms with E-state index >= 15 is 0 Å². The van der Waals surface area contributed by atoms with Crippen molar-refractivity contribution in [2.45, 2.75) is 13.8 Å². The van der Waals surface area contributed by atoms with Crippen LogP contribution >= 0.6 is 11.6 Å². The van der Waals surface area contributed by atoms with Crippen molar-refractivity contribution in [1.29, 1.82) is 0 Å². The number of nitrogens with zero attached hydrogens (tertiary/aromatic N) is 3. The highest BCUT2D eigenvalue weighted by Gasteiger charge is 2.14. The Balaban J connectivity index is 2.72. The van der Waals surface area contributed by atoms with Crippen molar-refractivity contribution >= 4 is 34.3 Å². The second kappa shape index (κ2) is 3.64. The largest absolute Gasteiger partial charge is 0.332 e. The molecule has 6 nitrogen and oxygen atoms in total. The number of aromatic nitrogens is 4. The van der Waals surface area contributed by atoms with Crippen molar-refractivity contribution in [2.75, 3.05) is 0 Å². The number of nitrogens with one attached hydrogen (secondary N) is 1. The number of hydrogen-bond donors (Lipinski definition) is 1. The Kier molecular flexibility index (Phi) is 2.43. The van der Waals surface area contributed by atoms with Gasteiger partial charge in [0, 0.05) is 13.8 Å². The van der Waals surface area contributed by atoms with Crippen LogP contribution in [-0.4, -0.2) is 31.5 Å². The van der Waals surface area contributed by atoms with Crippen LogP contribution in [0.5, 0.6) is 0 Å². The Hall–Kier alpha value is -1.82. The molecule has 0 aromatic carbocycles. The first-order chi connectivity index (χ1) is 7.49. The molecule has 0 spiro atoms. The van der Waals surface area contributed by atoms with Crippen LogP contribution in [0, 0.1) is 0 Å². The van der Waals surface area contributed by atoms with Crippen molar-refractivity contribution in [3.8, 4) is 0 Å². The molecule has 0 amide bonds. The lowest BCUT2D eigenvalue weighted by molar-refractivity contribution is 0.0997. The number of aromatic amines is 1. The summed E-state index contributed by atoms with van der Waals surface area (Å²) < 4.78 is 0. The van der Waals surface area contributed by atoms with E-state index in [4.69, 9.17) is 11.6 Å². The van der Waals surface area contributed by atoms with Gasteiger partial charge < -0.3 is 4.98 Å². The highest BCUT2D eigenvalue weighted by Crippen LogP contribution is 2.18. The fourth-order valence-electron chi connectivity index (χ4n) is 1.19. The summed E-state index contributed by atoms with van der Waals surface area (Å²) in [5.74, 6) is -0.416. The standard InChI is InChI=1S/C9H7ClN4O2/c1-3(15)7-11-5-6(10)12-8(4(2)16)14-9(5)13-7/h1-2H3,(H,11,12,13,14). The van der Waals surface area contributed by atoms with Crippen LogP contribution in [0.3, 0.4) is 0 Å². The van der Waals surface area contributed by atoms with E-state index in [1.165, 1.54) is 13.8 Å². The molecule has 0 aliphatic heterocycles. The molecule has 0 radical (unpaired) electrons. The molecule has 2 aromatic rings. The number of fused-ring (bicyclic) bond motifs is 1. The van der Waals surface area contributed by atoms with E-state index in [1.54, 1.807) is 0 Å². The van der Waals surface area contributed by atoms with Gasteiger partial charge in [-0.25, -0.2) is 15.0 Å². The van der Waals surface area contributed by atoms with E-state index in [0.717, 1.165) is 0 Å². The summed E-state index contributed by atoms with van der Waals surface area (Å²) in [6.45, 7) is 2.70. The summed E-state index contributed by atoms with van der Waals surface area (Å²) >= 11 is 5.84. The van der Waals surface area contributed by atoms with E-state index < -0.39 is 0 Å². The zero-order chi connectivity index (χ0) is 11.9. The van der Waals surface area contributed by atoms with Crippen LogP contribution in [-0.2, 0) is 0 Å². The second-order valence-corrected chi connectivity index (χ2v) is 3.59. The van der Waals surface area contributed by atoms with Crippen molar-refractivity contribution in [3.63, 3.8) is 0 Å². The van der Waals surface area contributed by atoms with E-state index in [1.807, 2.05) is 0 Å². The molecule has 0 fully saturated rings. The molecule has 0 saturated heterocycles. The Labute approximate surface area is 95.1 Å². The minimum atomic E-state index is -0.309. The molecular formula is C9H7ClN4O2. The Bertz CT molecular complexity index is 605. The highest BCUT2D eigenvalue weighted by molar-refractivity contribution is 6.33. The maximum atomic E-state index is 11.1. The molecule has 0 saturated carbocycles. The minimum Gasteiger partial charge on any atom is -0.332 e. The third-order valence-corrected chi connectivity index (χ3v) is 2.23. The van der Waals surface area contributed by atoms with Crippen molar-refractivity contribution in [3.05, 3.63) is 16.8 Å². The van der Waals surface area contributed by atoms with Gasteiger partial charge in [-0.3, -0.25) is 9.59 Å².